The van der Waals surface area contributed by atoms with E-state index in [4.69, 9.17) is 0 Å². The lowest BCUT2D eigenvalue weighted by molar-refractivity contribution is 0.0938. The van der Waals surface area contributed by atoms with Crippen LogP contribution in [0.3, 0.4) is 0 Å². The van der Waals surface area contributed by atoms with E-state index in [1.165, 1.54) is 4.57 Å². The van der Waals surface area contributed by atoms with E-state index >= 15 is 0 Å². The van der Waals surface area contributed by atoms with Crippen LogP contribution in [0, 0.1) is 0 Å². The number of hydrogen-bond donors (Lipinski definition) is 1. The summed E-state index contributed by atoms with van der Waals surface area (Å²) >= 11 is 0. The van der Waals surface area contributed by atoms with Crippen molar-refractivity contribution in [1.82, 2.24) is 14.9 Å². The molecular formula is C16H18N4O2. The van der Waals surface area contributed by atoms with Crippen molar-refractivity contribution in [2.75, 3.05) is 18.0 Å². The van der Waals surface area contributed by atoms with E-state index in [2.05, 4.69) is 15.2 Å². The van der Waals surface area contributed by atoms with Crippen molar-refractivity contribution >= 4 is 11.7 Å². The average Bonchev–Trinajstić information content (AvgIpc) is 2.99. The molecule has 1 aliphatic heterocycles. The normalized spacial score (nSPS) is 17.5. The Morgan fingerprint density at radius 3 is 2.95 bits per heavy atom. The highest BCUT2D eigenvalue weighted by Crippen LogP contribution is 2.17. The minimum atomic E-state index is -0.311. The first kappa shape index (κ1) is 14.3. The van der Waals surface area contributed by atoms with E-state index in [0.717, 1.165) is 18.8 Å². The number of aromatic nitrogens is 2. The fourth-order valence-electron chi connectivity index (χ4n) is 2.66. The van der Waals surface area contributed by atoms with Crippen molar-refractivity contribution in [2.45, 2.75) is 12.5 Å². The molecule has 1 aliphatic rings. The number of pyridine rings is 2. The van der Waals surface area contributed by atoms with Crippen molar-refractivity contribution in [1.29, 1.82) is 0 Å². The zero-order valence-corrected chi connectivity index (χ0v) is 12.4. The molecule has 0 spiro atoms. The summed E-state index contributed by atoms with van der Waals surface area (Å²) < 4.78 is 1.41. The fraction of sp³-hybridized carbons (Fsp3) is 0.312. The summed E-state index contributed by atoms with van der Waals surface area (Å²) in [5.74, 6) is 0.601. The van der Waals surface area contributed by atoms with Gasteiger partial charge < -0.3 is 14.8 Å². The second kappa shape index (κ2) is 6.01. The number of carbonyl (C=O) groups excluding carboxylic acids is 1. The predicted molar refractivity (Wildman–Crippen MR) is 84.0 cm³/mol. The quantitative estimate of drug-likeness (QED) is 0.910. The van der Waals surface area contributed by atoms with Gasteiger partial charge in [0.2, 0.25) is 0 Å². The van der Waals surface area contributed by atoms with Gasteiger partial charge in [-0.15, -0.1) is 0 Å². The van der Waals surface area contributed by atoms with E-state index in [-0.39, 0.29) is 23.1 Å². The Hall–Kier alpha value is -2.63. The van der Waals surface area contributed by atoms with Crippen molar-refractivity contribution in [3.63, 3.8) is 0 Å². The third-order valence-corrected chi connectivity index (χ3v) is 3.86. The molecule has 0 saturated carbocycles. The van der Waals surface area contributed by atoms with Crippen LogP contribution in [0.25, 0.3) is 0 Å². The van der Waals surface area contributed by atoms with Gasteiger partial charge in [0.15, 0.2) is 0 Å². The molecule has 1 unspecified atom stereocenters. The van der Waals surface area contributed by atoms with Gasteiger partial charge in [0.1, 0.15) is 11.4 Å². The first-order valence-electron chi connectivity index (χ1n) is 7.27. The second-order valence-corrected chi connectivity index (χ2v) is 5.43. The van der Waals surface area contributed by atoms with Crippen LogP contribution in [0.15, 0.2) is 47.5 Å². The molecule has 2 aromatic rings. The number of hydrogen-bond acceptors (Lipinski definition) is 4. The van der Waals surface area contributed by atoms with Crippen LogP contribution >= 0.6 is 0 Å². The predicted octanol–water partition coefficient (Wildman–Crippen LogP) is 0.789. The highest BCUT2D eigenvalue weighted by atomic mass is 16.2. The van der Waals surface area contributed by atoms with E-state index in [9.17, 15) is 9.59 Å². The zero-order chi connectivity index (χ0) is 15.5. The third-order valence-electron chi connectivity index (χ3n) is 3.86. The minimum absolute atomic E-state index is 0.0272. The number of carbonyl (C=O) groups is 1. The molecule has 1 atom stereocenters. The Bertz CT molecular complexity index is 726. The molecule has 0 radical (unpaired) electrons. The van der Waals surface area contributed by atoms with Crippen LogP contribution in [-0.4, -0.2) is 34.6 Å². The smallest absolute Gasteiger partial charge is 0.263 e. The molecule has 0 aromatic carbocycles. The Balaban J connectivity index is 1.66. The van der Waals surface area contributed by atoms with Gasteiger partial charge >= 0.3 is 0 Å². The molecule has 1 amide bonds. The van der Waals surface area contributed by atoms with E-state index in [1.54, 1.807) is 31.6 Å². The molecule has 0 bridgehead atoms. The van der Waals surface area contributed by atoms with Crippen LogP contribution in [-0.2, 0) is 7.05 Å². The zero-order valence-electron chi connectivity index (χ0n) is 12.4. The van der Waals surface area contributed by atoms with E-state index < -0.39 is 0 Å². The van der Waals surface area contributed by atoms with E-state index in [1.807, 2.05) is 18.2 Å². The maximum Gasteiger partial charge on any atom is 0.263 e. The lowest BCUT2D eigenvalue weighted by Gasteiger charge is -2.17. The first-order chi connectivity index (χ1) is 10.6. The topological polar surface area (TPSA) is 67.2 Å². The summed E-state index contributed by atoms with van der Waals surface area (Å²) in [5, 5.41) is 2.94. The van der Waals surface area contributed by atoms with Gasteiger partial charge in [-0.1, -0.05) is 6.07 Å². The maximum atomic E-state index is 12.3. The lowest BCUT2D eigenvalue weighted by atomic mass is 10.2. The van der Waals surface area contributed by atoms with Crippen LogP contribution in [0.2, 0.25) is 0 Å². The summed E-state index contributed by atoms with van der Waals surface area (Å²) in [6, 6.07) is 9.07. The monoisotopic (exact) mass is 298 g/mol. The van der Waals surface area contributed by atoms with Crippen LogP contribution in [0.5, 0.6) is 0 Å². The molecule has 6 nitrogen and oxygen atoms in total. The number of aryl methyl sites for hydroxylation is 1. The Labute approximate surface area is 128 Å². The molecular weight excluding hydrogens is 280 g/mol. The van der Waals surface area contributed by atoms with Crippen LogP contribution in [0.1, 0.15) is 16.8 Å². The van der Waals surface area contributed by atoms with Crippen LogP contribution < -0.4 is 15.8 Å². The molecule has 1 fully saturated rings. The summed E-state index contributed by atoms with van der Waals surface area (Å²) in [6.07, 6.45) is 4.24. The molecule has 0 aliphatic carbocycles. The lowest BCUT2D eigenvalue weighted by Crippen LogP contribution is -2.40. The van der Waals surface area contributed by atoms with Crippen LogP contribution in [0.4, 0.5) is 5.82 Å². The molecule has 3 heterocycles. The molecule has 1 N–H and O–H groups in total. The first-order valence-corrected chi connectivity index (χ1v) is 7.27. The van der Waals surface area contributed by atoms with Crippen molar-refractivity contribution in [2.24, 2.45) is 7.05 Å². The number of nitrogens with zero attached hydrogens (tertiary/aromatic N) is 3. The Morgan fingerprint density at radius 1 is 1.32 bits per heavy atom. The number of rotatable bonds is 3. The number of nitrogens with one attached hydrogen (secondary N) is 1. The summed E-state index contributed by atoms with van der Waals surface area (Å²) in [4.78, 5) is 30.7. The third kappa shape index (κ3) is 2.86. The Morgan fingerprint density at radius 2 is 2.18 bits per heavy atom. The van der Waals surface area contributed by atoms with Gasteiger partial charge in [-0.05, 0) is 30.7 Å². The second-order valence-electron chi connectivity index (χ2n) is 5.43. The number of anilines is 1. The summed E-state index contributed by atoms with van der Waals surface area (Å²) in [6.45, 7) is 1.55. The highest BCUT2D eigenvalue weighted by Gasteiger charge is 2.25. The van der Waals surface area contributed by atoms with Gasteiger partial charge in [-0.25, -0.2) is 4.98 Å². The summed E-state index contributed by atoms with van der Waals surface area (Å²) in [7, 11) is 1.64. The maximum absolute atomic E-state index is 12.3. The van der Waals surface area contributed by atoms with Gasteiger partial charge in [0.25, 0.3) is 11.5 Å². The molecule has 1 saturated heterocycles. The fourth-order valence-corrected chi connectivity index (χ4v) is 2.66. The SMILES string of the molecule is Cn1cccc(C(=O)NC2CCN(c3ccccn3)C2)c1=O. The minimum Gasteiger partial charge on any atom is -0.354 e. The van der Waals surface area contributed by atoms with Crippen molar-refractivity contribution < 1.29 is 4.79 Å². The Kier molecular flexibility index (Phi) is 3.91. The van der Waals surface area contributed by atoms with Gasteiger partial charge in [-0.2, -0.15) is 0 Å². The molecule has 6 heteroatoms. The van der Waals surface area contributed by atoms with Gasteiger partial charge in [0.05, 0.1) is 0 Å². The highest BCUT2D eigenvalue weighted by molar-refractivity contribution is 5.94. The largest absolute Gasteiger partial charge is 0.354 e. The van der Waals surface area contributed by atoms with E-state index in [0.29, 0.717) is 6.54 Å². The standard InChI is InChI=1S/C16H18N4O2/c1-19-9-4-5-13(16(19)22)15(21)18-12-7-10-20(11-12)14-6-2-3-8-17-14/h2-6,8-9,12H,7,10-11H2,1H3,(H,18,21). The van der Waals surface area contributed by atoms with Gasteiger partial charge in [0, 0.05) is 38.6 Å². The number of amides is 1. The summed E-state index contributed by atoms with van der Waals surface area (Å²) in [5.41, 5.74) is -0.0964. The molecule has 2 aromatic heterocycles. The molecule has 22 heavy (non-hydrogen) atoms. The van der Waals surface area contributed by atoms with Crippen molar-refractivity contribution in [3.05, 3.63) is 58.6 Å². The van der Waals surface area contributed by atoms with Crippen molar-refractivity contribution in [3.8, 4) is 0 Å². The van der Waals surface area contributed by atoms with Gasteiger partial charge in [-0.3, -0.25) is 9.59 Å². The molecule has 3 rings (SSSR count). The average molecular weight is 298 g/mol. The molecule has 114 valence electrons.